The zero-order valence-corrected chi connectivity index (χ0v) is 12.0. The summed E-state index contributed by atoms with van der Waals surface area (Å²) in [5.41, 5.74) is 0. The maximum Gasteiger partial charge on any atom is 0.226 e. The van der Waals surface area contributed by atoms with Crippen molar-refractivity contribution < 1.29 is 19.0 Å². The van der Waals surface area contributed by atoms with E-state index in [9.17, 15) is 9.18 Å². The molecular weight excluding hydrogens is 261 g/mol. The highest BCUT2D eigenvalue weighted by Gasteiger charge is 2.16. The largest absolute Gasteiger partial charge is 0.490 e. The first-order chi connectivity index (χ1) is 9.56. The Morgan fingerprint density at radius 3 is 2.70 bits per heavy atom. The minimum Gasteiger partial charge on any atom is -0.490 e. The van der Waals surface area contributed by atoms with Crippen molar-refractivity contribution >= 4 is 5.91 Å². The minimum absolute atomic E-state index is 0.0511. The molecule has 0 aliphatic heterocycles. The van der Waals surface area contributed by atoms with Gasteiger partial charge in [-0.1, -0.05) is 12.1 Å². The van der Waals surface area contributed by atoms with E-state index >= 15 is 0 Å². The lowest BCUT2D eigenvalue weighted by Gasteiger charge is -2.26. The van der Waals surface area contributed by atoms with Crippen LogP contribution in [0.2, 0.25) is 0 Å². The number of aliphatic hydroxyl groups is 1. The fraction of sp³-hybridized carbons (Fsp3) is 0.533. The summed E-state index contributed by atoms with van der Waals surface area (Å²) in [4.78, 5) is 13.7. The smallest absolute Gasteiger partial charge is 0.226 e. The van der Waals surface area contributed by atoms with Crippen LogP contribution in [-0.4, -0.2) is 41.7 Å². The van der Waals surface area contributed by atoms with Crippen molar-refractivity contribution in [3.05, 3.63) is 30.1 Å². The van der Waals surface area contributed by atoms with Crippen LogP contribution in [0.1, 0.15) is 26.7 Å². The van der Waals surface area contributed by atoms with Gasteiger partial charge < -0.3 is 14.7 Å². The second kappa shape index (κ2) is 8.53. The van der Waals surface area contributed by atoms with Gasteiger partial charge in [0, 0.05) is 19.2 Å². The van der Waals surface area contributed by atoms with Gasteiger partial charge >= 0.3 is 0 Å². The summed E-state index contributed by atoms with van der Waals surface area (Å²) >= 11 is 0. The first-order valence-electron chi connectivity index (χ1n) is 6.84. The number of rotatable bonds is 8. The molecule has 1 aromatic carbocycles. The number of amides is 1. The molecule has 1 N–H and O–H groups in total. The molecule has 0 aliphatic carbocycles. The Kier molecular flexibility index (Phi) is 7.01. The van der Waals surface area contributed by atoms with E-state index in [4.69, 9.17) is 9.84 Å². The summed E-state index contributed by atoms with van der Waals surface area (Å²) in [7, 11) is 0. The quantitative estimate of drug-likeness (QED) is 0.796. The topological polar surface area (TPSA) is 49.8 Å². The van der Waals surface area contributed by atoms with Gasteiger partial charge in [0.05, 0.1) is 13.0 Å². The maximum atomic E-state index is 13.3. The normalized spacial score (nSPS) is 10.7. The van der Waals surface area contributed by atoms with Gasteiger partial charge in [0.1, 0.15) is 0 Å². The highest BCUT2D eigenvalue weighted by Crippen LogP contribution is 2.15. The van der Waals surface area contributed by atoms with Gasteiger partial charge in [0.2, 0.25) is 5.91 Å². The molecule has 112 valence electrons. The van der Waals surface area contributed by atoms with E-state index < -0.39 is 5.82 Å². The fourth-order valence-corrected chi connectivity index (χ4v) is 1.87. The molecule has 20 heavy (non-hydrogen) atoms. The monoisotopic (exact) mass is 283 g/mol. The zero-order valence-electron chi connectivity index (χ0n) is 12.0. The van der Waals surface area contributed by atoms with Gasteiger partial charge in [-0.3, -0.25) is 4.79 Å². The molecule has 4 nitrogen and oxygen atoms in total. The Hall–Kier alpha value is -1.62. The second-order valence-corrected chi connectivity index (χ2v) is 4.79. The summed E-state index contributed by atoms with van der Waals surface area (Å²) < 4.78 is 18.6. The average molecular weight is 283 g/mol. The second-order valence-electron chi connectivity index (χ2n) is 4.79. The standard InChI is InChI=1S/C15H22FNO3/c1-12(2)17(9-5-10-18)15(19)8-11-20-14-7-4-3-6-13(14)16/h3-4,6-7,12,18H,5,8-11H2,1-2H3. The van der Waals surface area contributed by atoms with Gasteiger partial charge in [-0.2, -0.15) is 0 Å². The Labute approximate surface area is 119 Å². The summed E-state index contributed by atoms with van der Waals surface area (Å²) in [5, 5.41) is 8.83. The third kappa shape index (κ3) is 5.17. The Morgan fingerprint density at radius 1 is 1.40 bits per heavy atom. The Balaban J connectivity index is 2.43. The van der Waals surface area contributed by atoms with Crippen LogP contribution in [0.25, 0.3) is 0 Å². The molecule has 5 heteroatoms. The van der Waals surface area contributed by atoms with Crippen molar-refractivity contribution in [2.75, 3.05) is 19.8 Å². The number of carbonyl (C=O) groups excluding carboxylic acids is 1. The molecule has 0 aliphatic rings. The average Bonchev–Trinajstić information content (AvgIpc) is 2.41. The third-order valence-corrected chi connectivity index (χ3v) is 2.91. The summed E-state index contributed by atoms with van der Waals surface area (Å²) in [6.07, 6.45) is 0.746. The molecule has 1 amide bonds. The van der Waals surface area contributed by atoms with Gasteiger partial charge in [0.25, 0.3) is 0 Å². The number of nitrogens with zero attached hydrogens (tertiary/aromatic N) is 1. The SMILES string of the molecule is CC(C)N(CCCO)C(=O)CCOc1ccccc1F. The van der Waals surface area contributed by atoms with E-state index in [0.29, 0.717) is 13.0 Å². The lowest BCUT2D eigenvalue weighted by molar-refractivity contribution is -0.133. The van der Waals surface area contributed by atoms with Crippen LogP contribution in [0.4, 0.5) is 4.39 Å². The zero-order chi connectivity index (χ0) is 15.0. The van der Waals surface area contributed by atoms with Gasteiger partial charge in [-0.05, 0) is 32.4 Å². The van der Waals surface area contributed by atoms with Gasteiger partial charge in [-0.25, -0.2) is 4.39 Å². The van der Waals surface area contributed by atoms with Crippen LogP contribution in [0.5, 0.6) is 5.75 Å². The molecule has 0 fully saturated rings. The Bertz CT molecular complexity index is 423. The molecule has 0 radical (unpaired) electrons. The molecule has 1 rings (SSSR count). The number of benzene rings is 1. The van der Waals surface area contributed by atoms with Crippen molar-refractivity contribution in [2.45, 2.75) is 32.7 Å². The summed E-state index contributed by atoms with van der Waals surface area (Å²) in [5.74, 6) is -0.322. The summed E-state index contributed by atoms with van der Waals surface area (Å²) in [6, 6.07) is 6.19. The predicted octanol–water partition coefficient (Wildman–Crippen LogP) is 2.21. The van der Waals surface area contributed by atoms with E-state index in [1.165, 1.54) is 12.1 Å². The van der Waals surface area contributed by atoms with E-state index in [2.05, 4.69) is 0 Å². The predicted molar refractivity (Wildman–Crippen MR) is 75.1 cm³/mol. The van der Waals surface area contributed by atoms with E-state index in [0.717, 1.165) is 0 Å². The number of ether oxygens (including phenoxy) is 1. The Morgan fingerprint density at radius 2 is 2.10 bits per heavy atom. The van der Waals surface area contributed by atoms with Crippen molar-refractivity contribution in [2.24, 2.45) is 0 Å². The number of para-hydroxylation sites is 1. The molecule has 0 unspecified atom stereocenters. The van der Waals surface area contributed by atoms with Crippen LogP contribution in [0.15, 0.2) is 24.3 Å². The van der Waals surface area contributed by atoms with Crippen molar-refractivity contribution in [1.82, 2.24) is 4.90 Å². The lowest BCUT2D eigenvalue weighted by Crippen LogP contribution is -2.38. The molecule has 0 spiro atoms. The van der Waals surface area contributed by atoms with Gasteiger partial charge in [-0.15, -0.1) is 0 Å². The van der Waals surface area contributed by atoms with Crippen LogP contribution >= 0.6 is 0 Å². The highest BCUT2D eigenvalue weighted by atomic mass is 19.1. The minimum atomic E-state index is -0.430. The third-order valence-electron chi connectivity index (χ3n) is 2.91. The highest BCUT2D eigenvalue weighted by molar-refractivity contribution is 5.76. The lowest BCUT2D eigenvalue weighted by atomic mass is 10.2. The number of carbonyl (C=O) groups is 1. The molecule has 0 saturated heterocycles. The van der Waals surface area contributed by atoms with Crippen molar-refractivity contribution in [3.63, 3.8) is 0 Å². The van der Waals surface area contributed by atoms with E-state index in [1.54, 1.807) is 17.0 Å². The van der Waals surface area contributed by atoms with Crippen LogP contribution in [-0.2, 0) is 4.79 Å². The molecule has 0 saturated carbocycles. The van der Waals surface area contributed by atoms with Crippen LogP contribution in [0.3, 0.4) is 0 Å². The number of hydrogen-bond acceptors (Lipinski definition) is 3. The van der Waals surface area contributed by atoms with E-state index in [1.807, 2.05) is 13.8 Å². The van der Waals surface area contributed by atoms with Gasteiger partial charge in [0.15, 0.2) is 11.6 Å². The van der Waals surface area contributed by atoms with Crippen LogP contribution in [0, 0.1) is 5.82 Å². The summed E-state index contributed by atoms with van der Waals surface area (Å²) in [6.45, 7) is 4.57. The fourth-order valence-electron chi connectivity index (χ4n) is 1.87. The number of aliphatic hydroxyl groups excluding tert-OH is 1. The number of halogens is 1. The molecule has 0 atom stereocenters. The molecule has 0 heterocycles. The number of hydrogen-bond donors (Lipinski definition) is 1. The molecule has 0 aromatic heterocycles. The molecular formula is C15H22FNO3. The van der Waals surface area contributed by atoms with Crippen molar-refractivity contribution in [1.29, 1.82) is 0 Å². The molecule has 0 bridgehead atoms. The molecule has 1 aromatic rings. The first-order valence-corrected chi connectivity index (χ1v) is 6.84. The first kappa shape index (κ1) is 16.4. The van der Waals surface area contributed by atoms with E-state index in [-0.39, 0.29) is 37.3 Å². The van der Waals surface area contributed by atoms with Crippen molar-refractivity contribution in [3.8, 4) is 5.75 Å². The van der Waals surface area contributed by atoms with Crippen LogP contribution < -0.4 is 4.74 Å². The maximum absolute atomic E-state index is 13.3.